The van der Waals surface area contributed by atoms with Gasteiger partial charge in [-0.1, -0.05) is 18.2 Å². The van der Waals surface area contributed by atoms with Gasteiger partial charge in [0.05, 0.1) is 5.56 Å². The Morgan fingerprint density at radius 3 is 2.46 bits per heavy atom. The van der Waals surface area contributed by atoms with Crippen LogP contribution >= 0.6 is 0 Å². The van der Waals surface area contributed by atoms with E-state index in [0.29, 0.717) is 17.2 Å². The van der Waals surface area contributed by atoms with Crippen LogP contribution in [0.1, 0.15) is 51.0 Å². The van der Waals surface area contributed by atoms with Crippen molar-refractivity contribution in [2.75, 3.05) is 6.61 Å². The van der Waals surface area contributed by atoms with Crippen LogP contribution < -0.4 is 10.9 Å². The van der Waals surface area contributed by atoms with Gasteiger partial charge in [-0.25, -0.2) is 4.79 Å². The highest BCUT2D eigenvalue weighted by Crippen LogP contribution is 2.38. The monoisotopic (exact) mass is 355 g/mol. The molecular formula is C19H21N3O4. The Morgan fingerprint density at radius 1 is 1.12 bits per heavy atom. The molecule has 2 amide bonds. The number of carbonyl (C=O) groups is 3. The molecule has 1 aliphatic carbocycles. The molecule has 0 atom stereocenters. The summed E-state index contributed by atoms with van der Waals surface area (Å²) in [4.78, 5) is 35.8. The van der Waals surface area contributed by atoms with Gasteiger partial charge in [0.15, 0.2) is 6.61 Å². The molecule has 3 rings (SSSR count). The Hall–Kier alpha value is -3.09. The van der Waals surface area contributed by atoms with E-state index in [1.807, 2.05) is 13.8 Å². The third-order valence-electron chi connectivity index (χ3n) is 4.30. The van der Waals surface area contributed by atoms with Crippen LogP contribution in [0.25, 0.3) is 0 Å². The summed E-state index contributed by atoms with van der Waals surface area (Å²) >= 11 is 0. The number of amides is 2. The van der Waals surface area contributed by atoms with E-state index < -0.39 is 24.4 Å². The quantitative estimate of drug-likeness (QED) is 0.635. The number of aryl methyl sites for hydroxylation is 1. The zero-order valence-corrected chi connectivity index (χ0v) is 14.7. The van der Waals surface area contributed by atoms with Gasteiger partial charge >= 0.3 is 5.97 Å². The van der Waals surface area contributed by atoms with Crippen LogP contribution in [-0.2, 0) is 9.53 Å². The molecular weight excluding hydrogens is 334 g/mol. The van der Waals surface area contributed by atoms with Gasteiger partial charge in [-0.3, -0.25) is 20.4 Å². The van der Waals surface area contributed by atoms with Crippen LogP contribution in [-0.4, -0.2) is 29.0 Å². The Balaban J connectivity index is 1.49. The molecule has 7 nitrogen and oxygen atoms in total. The van der Waals surface area contributed by atoms with Crippen LogP contribution in [0, 0.1) is 13.8 Å². The van der Waals surface area contributed by atoms with Gasteiger partial charge in [-0.05, 0) is 44.9 Å². The fourth-order valence-corrected chi connectivity index (χ4v) is 2.91. The molecule has 1 saturated carbocycles. The van der Waals surface area contributed by atoms with Crippen LogP contribution in [0.3, 0.4) is 0 Å². The molecule has 0 unspecified atom stereocenters. The normalized spacial score (nSPS) is 13.2. The van der Waals surface area contributed by atoms with Gasteiger partial charge in [0.1, 0.15) is 0 Å². The number of hydrogen-bond donors (Lipinski definition) is 2. The number of ether oxygens (including phenoxy) is 1. The van der Waals surface area contributed by atoms with Gasteiger partial charge in [-0.15, -0.1) is 0 Å². The van der Waals surface area contributed by atoms with E-state index in [2.05, 4.69) is 15.4 Å². The standard InChI is InChI=1S/C19H21N3O4/c1-12-10-16(13(2)22(12)15-8-9-15)19(25)26-11-17(23)20-21-18(24)14-6-4-3-5-7-14/h3-7,10,15H,8-9,11H2,1-2H3,(H,20,23)(H,21,24). The molecule has 1 heterocycles. The molecule has 2 aromatic rings. The summed E-state index contributed by atoms with van der Waals surface area (Å²) in [7, 11) is 0. The lowest BCUT2D eigenvalue weighted by molar-refractivity contribution is -0.125. The van der Waals surface area contributed by atoms with Crippen molar-refractivity contribution < 1.29 is 19.1 Å². The second-order valence-electron chi connectivity index (χ2n) is 6.33. The largest absolute Gasteiger partial charge is 0.452 e. The second-order valence-corrected chi connectivity index (χ2v) is 6.33. The van der Waals surface area contributed by atoms with E-state index in [9.17, 15) is 14.4 Å². The number of carbonyl (C=O) groups excluding carboxylic acids is 3. The van der Waals surface area contributed by atoms with Crippen molar-refractivity contribution in [1.29, 1.82) is 0 Å². The third-order valence-corrected chi connectivity index (χ3v) is 4.30. The van der Waals surface area contributed by atoms with Gasteiger partial charge in [0.25, 0.3) is 11.8 Å². The molecule has 0 aliphatic heterocycles. The Labute approximate surface area is 151 Å². The maximum Gasteiger partial charge on any atom is 0.340 e. The topological polar surface area (TPSA) is 89.4 Å². The predicted molar refractivity (Wildman–Crippen MR) is 94.5 cm³/mol. The first-order valence-electron chi connectivity index (χ1n) is 8.47. The van der Waals surface area contributed by atoms with E-state index in [1.165, 1.54) is 0 Å². The van der Waals surface area contributed by atoms with Gasteiger partial charge in [0.2, 0.25) is 0 Å². The fraction of sp³-hybridized carbons (Fsp3) is 0.316. The number of nitrogens with zero attached hydrogens (tertiary/aromatic N) is 1. The molecule has 1 fully saturated rings. The highest BCUT2D eigenvalue weighted by atomic mass is 16.5. The van der Waals surface area contributed by atoms with E-state index >= 15 is 0 Å². The first-order chi connectivity index (χ1) is 12.5. The van der Waals surface area contributed by atoms with Crippen molar-refractivity contribution in [2.24, 2.45) is 0 Å². The average Bonchev–Trinajstić information content (AvgIpc) is 3.43. The van der Waals surface area contributed by atoms with Gasteiger partial charge < -0.3 is 9.30 Å². The second kappa shape index (κ2) is 7.43. The van der Waals surface area contributed by atoms with Crippen LogP contribution in [0.15, 0.2) is 36.4 Å². The number of aromatic nitrogens is 1. The first kappa shape index (κ1) is 17.7. The van der Waals surface area contributed by atoms with E-state index in [-0.39, 0.29) is 0 Å². The fourth-order valence-electron chi connectivity index (χ4n) is 2.91. The van der Waals surface area contributed by atoms with Gasteiger partial charge in [0, 0.05) is 23.0 Å². The van der Waals surface area contributed by atoms with Crippen LogP contribution in [0.5, 0.6) is 0 Å². The number of rotatable bonds is 5. The predicted octanol–water partition coefficient (Wildman–Crippen LogP) is 2.06. The summed E-state index contributed by atoms with van der Waals surface area (Å²) in [6, 6.07) is 10.7. The van der Waals surface area contributed by atoms with Crippen LogP contribution in [0.2, 0.25) is 0 Å². The number of hydrogen-bond acceptors (Lipinski definition) is 4. The molecule has 0 bridgehead atoms. The van der Waals surface area contributed by atoms with Crippen LogP contribution in [0.4, 0.5) is 0 Å². The average molecular weight is 355 g/mol. The zero-order valence-electron chi connectivity index (χ0n) is 14.7. The molecule has 2 N–H and O–H groups in total. The molecule has 136 valence electrons. The zero-order chi connectivity index (χ0) is 18.7. The summed E-state index contributed by atoms with van der Waals surface area (Å²) in [5, 5.41) is 0. The number of hydrazine groups is 1. The molecule has 0 spiro atoms. The van der Waals surface area contributed by atoms with Crippen molar-refractivity contribution in [2.45, 2.75) is 32.7 Å². The summed E-state index contributed by atoms with van der Waals surface area (Å²) in [6.45, 7) is 3.36. The number of benzene rings is 1. The minimum Gasteiger partial charge on any atom is -0.452 e. The lowest BCUT2D eigenvalue weighted by atomic mass is 10.2. The molecule has 26 heavy (non-hydrogen) atoms. The molecule has 0 radical (unpaired) electrons. The van der Waals surface area contributed by atoms with E-state index in [0.717, 1.165) is 24.2 Å². The molecule has 1 aromatic heterocycles. The highest BCUT2D eigenvalue weighted by molar-refractivity contribution is 5.96. The molecule has 1 aromatic carbocycles. The highest BCUT2D eigenvalue weighted by Gasteiger charge is 2.28. The van der Waals surface area contributed by atoms with Crippen molar-refractivity contribution in [3.05, 3.63) is 58.9 Å². The van der Waals surface area contributed by atoms with Crippen molar-refractivity contribution in [1.82, 2.24) is 15.4 Å². The maximum atomic E-state index is 12.2. The lowest BCUT2D eigenvalue weighted by Gasteiger charge is -2.09. The number of esters is 1. The summed E-state index contributed by atoms with van der Waals surface area (Å²) in [5.41, 5.74) is 7.25. The van der Waals surface area contributed by atoms with Crippen molar-refractivity contribution in [3.63, 3.8) is 0 Å². The Kier molecular flexibility index (Phi) is 5.06. The molecule has 7 heteroatoms. The van der Waals surface area contributed by atoms with Crippen molar-refractivity contribution in [3.8, 4) is 0 Å². The van der Waals surface area contributed by atoms with Crippen molar-refractivity contribution >= 4 is 17.8 Å². The Morgan fingerprint density at radius 2 is 1.81 bits per heavy atom. The SMILES string of the molecule is Cc1cc(C(=O)OCC(=O)NNC(=O)c2ccccc2)c(C)n1C1CC1. The number of nitrogens with one attached hydrogen (secondary N) is 2. The summed E-state index contributed by atoms with van der Waals surface area (Å²) in [6.07, 6.45) is 2.24. The minimum absolute atomic E-state index is 0.414. The van der Waals surface area contributed by atoms with E-state index in [1.54, 1.807) is 36.4 Å². The lowest BCUT2D eigenvalue weighted by Crippen LogP contribution is -2.43. The summed E-state index contributed by atoms with van der Waals surface area (Å²) in [5.74, 6) is -1.61. The third kappa shape index (κ3) is 3.93. The summed E-state index contributed by atoms with van der Waals surface area (Å²) < 4.78 is 7.20. The Bertz CT molecular complexity index is 838. The first-order valence-corrected chi connectivity index (χ1v) is 8.47. The minimum atomic E-state index is -0.612. The maximum absolute atomic E-state index is 12.2. The smallest absolute Gasteiger partial charge is 0.340 e. The van der Waals surface area contributed by atoms with Gasteiger partial charge in [-0.2, -0.15) is 0 Å². The van der Waals surface area contributed by atoms with E-state index in [4.69, 9.17) is 4.74 Å². The molecule has 1 aliphatic rings. The molecule has 0 saturated heterocycles.